The summed E-state index contributed by atoms with van der Waals surface area (Å²) in [6.45, 7) is 4.50. The van der Waals surface area contributed by atoms with Gasteiger partial charge in [-0.25, -0.2) is 0 Å². The van der Waals surface area contributed by atoms with Gasteiger partial charge in [-0.2, -0.15) is 0 Å². The van der Waals surface area contributed by atoms with Crippen LogP contribution in [-0.4, -0.2) is 13.2 Å². The normalized spacial score (nSPS) is 25.7. The second-order valence-corrected chi connectivity index (χ2v) is 5.56. The Bertz CT molecular complexity index is 377. The van der Waals surface area contributed by atoms with E-state index in [1.54, 1.807) is 0 Å². The van der Waals surface area contributed by atoms with Crippen LogP contribution in [0.3, 0.4) is 0 Å². The Morgan fingerprint density at radius 3 is 2.78 bits per heavy atom. The number of benzene rings is 1. The number of hydrogen-bond acceptors (Lipinski definition) is 2. The van der Waals surface area contributed by atoms with E-state index in [4.69, 9.17) is 4.74 Å². The van der Waals surface area contributed by atoms with Gasteiger partial charge in [0.1, 0.15) is 5.75 Å². The summed E-state index contributed by atoms with van der Waals surface area (Å²) in [6, 6.07) is 8.74. The van der Waals surface area contributed by atoms with Crippen LogP contribution in [0.1, 0.15) is 51.1 Å². The highest BCUT2D eigenvalue weighted by molar-refractivity contribution is 5.35. The van der Waals surface area contributed by atoms with Crippen molar-refractivity contribution in [3.63, 3.8) is 0 Å². The van der Waals surface area contributed by atoms with E-state index in [9.17, 15) is 0 Å². The lowest BCUT2D eigenvalue weighted by atomic mass is 9.88. The molecule has 1 N–H and O–H groups in total. The lowest BCUT2D eigenvalue weighted by Crippen LogP contribution is -2.25. The van der Waals surface area contributed by atoms with E-state index in [1.165, 1.54) is 31.2 Å². The van der Waals surface area contributed by atoms with Crippen LogP contribution in [0, 0.1) is 5.92 Å². The maximum Gasteiger partial charge on any atom is 0.124 e. The van der Waals surface area contributed by atoms with Gasteiger partial charge in [-0.05, 0) is 45.2 Å². The van der Waals surface area contributed by atoms with Crippen LogP contribution in [0.4, 0.5) is 0 Å². The predicted molar refractivity (Wildman–Crippen MR) is 76.0 cm³/mol. The van der Waals surface area contributed by atoms with Gasteiger partial charge in [0.25, 0.3) is 0 Å². The van der Waals surface area contributed by atoms with Crippen LogP contribution < -0.4 is 10.1 Å². The quantitative estimate of drug-likeness (QED) is 0.870. The molecule has 1 saturated carbocycles. The minimum atomic E-state index is 0.335. The summed E-state index contributed by atoms with van der Waals surface area (Å²) < 4.78 is 6.24. The Labute approximate surface area is 111 Å². The van der Waals surface area contributed by atoms with Crippen molar-refractivity contribution in [1.29, 1.82) is 0 Å². The molecule has 3 atom stereocenters. The van der Waals surface area contributed by atoms with Crippen molar-refractivity contribution < 1.29 is 4.74 Å². The highest BCUT2D eigenvalue weighted by Gasteiger charge is 2.21. The van der Waals surface area contributed by atoms with E-state index in [0.29, 0.717) is 12.1 Å². The minimum Gasteiger partial charge on any atom is -0.490 e. The first-order valence-electron chi connectivity index (χ1n) is 7.13. The molecule has 1 fully saturated rings. The third-order valence-corrected chi connectivity index (χ3v) is 4.00. The molecule has 2 rings (SSSR count). The molecule has 2 nitrogen and oxygen atoms in total. The van der Waals surface area contributed by atoms with Crippen molar-refractivity contribution in [2.24, 2.45) is 5.92 Å². The third kappa shape index (κ3) is 3.26. The average molecular weight is 247 g/mol. The van der Waals surface area contributed by atoms with Crippen LogP contribution >= 0.6 is 0 Å². The van der Waals surface area contributed by atoms with E-state index < -0.39 is 0 Å². The molecule has 1 aromatic rings. The molecule has 0 radical (unpaired) electrons. The van der Waals surface area contributed by atoms with Gasteiger partial charge in [0.05, 0.1) is 6.10 Å². The number of hydrogen-bond donors (Lipinski definition) is 1. The fraction of sp³-hybridized carbons (Fsp3) is 0.625. The Morgan fingerprint density at radius 2 is 2.06 bits per heavy atom. The van der Waals surface area contributed by atoms with Crippen molar-refractivity contribution >= 4 is 0 Å². The first-order chi connectivity index (χ1) is 8.70. The molecule has 0 heterocycles. The highest BCUT2D eigenvalue weighted by atomic mass is 16.5. The second kappa shape index (κ2) is 6.24. The van der Waals surface area contributed by atoms with Gasteiger partial charge in [0, 0.05) is 11.6 Å². The summed E-state index contributed by atoms with van der Waals surface area (Å²) in [5.74, 6) is 1.86. The molecule has 0 aromatic heterocycles. The lowest BCUT2D eigenvalue weighted by Gasteiger charge is -2.29. The molecule has 18 heavy (non-hydrogen) atoms. The molecule has 3 unspecified atom stereocenters. The van der Waals surface area contributed by atoms with Crippen molar-refractivity contribution in [1.82, 2.24) is 5.32 Å². The van der Waals surface area contributed by atoms with Crippen LogP contribution in [0.2, 0.25) is 0 Å². The Hall–Kier alpha value is -1.02. The number of ether oxygens (including phenoxy) is 1. The van der Waals surface area contributed by atoms with E-state index >= 15 is 0 Å². The average Bonchev–Trinajstić information content (AvgIpc) is 2.38. The van der Waals surface area contributed by atoms with E-state index in [2.05, 4.69) is 43.4 Å². The molecule has 1 aromatic carbocycles. The van der Waals surface area contributed by atoms with Gasteiger partial charge in [0.15, 0.2) is 0 Å². The predicted octanol–water partition coefficient (Wildman–Crippen LogP) is 3.92. The molecule has 100 valence electrons. The maximum absolute atomic E-state index is 6.24. The lowest BCUT2D eigenvalue weighted by molar-refractivity contribution is 0.127. The summed E-state index contributed by atoms with van der Waals surface area (Å²) >= 11 is 0. The molecule has 1 aliphatic carbocycles. The smallest absolute Gasteiger partial charge is 0.124 e. The summed E-state index contributed by atoms with van der Waals surface area (Å²) in [6.07, 6.45) is 5.46. The Kier molecular flexibility index (Phi) is 4.65. The standard InChI is InChI=1S/C16H25NO/c1-12-7-6-8-14(11-12)18-16-10-5-4-9-15(16)13(2)17-3/h4-5,9-10,12-14,17H,6-8,11H2,1-3H3. The zero-order valence-electron chi connectivity index (χ0n) is 11.8. The second-order valence-electron chi connectivity index (χ2n) is 5.56. The molecule has 0 aliphatic heterocycles. The molecule has 0 saturated heterocycles. The topological polar surface area (TPSA) is 21.3 Å². The SMILES string of the molecule is CNC(C)c1ccccc1OC1CCCC(C)C1. The Morgan fingerprint density at radius 1 is 1.28 bits per heavy atom. The van der Waals surface area contributed by atoms with Gasteiger partial charge in [-0.1, -0.05) is 31.5 Å². The largest absolute Gasteiger partial charge is 0.490 e. The van der Waals surface area contributed by atoms with E-state index in [1.807, 2.05) is 7.05 Å². The van der Waals surface area contributed by atoms with Crippen LogP contribution in [-0.2, 0) is 0 Å². The highest BCUT2D eigenvalue weighted by Crippen LogP contribution is 2.31. The molecular formula is C16H25NO. The molecule has 0 spiro atoms. The van der Waals surface area contributed by atoms with Crippen molar-refractivity contribution in [2.45, 2.75) is 51.7 Å². The third-order valence-electron chi connectivity index (χ3n) is 4.00. The molecule has 2 heteroatoms. The molecular weight excluding hydrogens is 222 g/mol. The fourth-order valence-corrected chi connectivity index (χ4v) is 2.77. The first kappa shape index (κ1) is 13.4. The minimum absolute atomic E-state index is 0.335. The summed E-state index contributed by atoms with van der Waals surface area (Å²) in [5, 5.41) is 3.29. The fourth-order valence-electron chi connectivity index (χ4n) is 2.77. The van der Waals surface area contributed by atoms with Crippen molar-refractivity contribution in [2.75, 3.05) is 7.05 Å². The zero-order chi connectivity index (χ0) is 13.0. The van der Waals surface area contributed by atoms with E-state index in [-0.39, 0.29) is 0 Å². The van der Waals surface area contributed by atoms with Gasteiger partial charge in [-0.15, -0.1) is 0 Å². The van der Waals surface area contributed by atoms with Gasteiger partial charge >= 0.3 is 0 Å². The summed E-state index contributed by atoms with van der Waals surface area (Å²) in [7, 11) is 1.99. The summed E-state index contributed by atoms with van der Waals surface area (Å²) in [4.78, 5) is 0. The maximum atomic E-state index is 6.24. The number of para-hydroxylation sites is 1. The number of nitrogens with one attached hydrogen (secondary N) is 1. The Balaban J connectivity index is 2.08. The van der Waals surface area contributed by atoms with E-state index in [0.717, 1.165) is 11.7 Å². The molecule has 0 bridgehead atoms. The van der Waals surface area contributed by atoms with Crippen molar-refractivity contribution in [3.05, 3.63) is 29.8 Å². The zero-order valence-corrected chi connectivity index (χ0v) is 11.8. The van der Waals surface area contributed by atoms with Crippen LogP contribution in [0.15, 0.2) is 24.3 Å². The van der Waals surface area contributed by atoms with Gasteiger partial charge in [-0.3, -0.25) is 0 Å². The summed E-state index contributed by atoms with van der Waals surface area (Å²) in [5.41, 5.74) is 1.26. The van der Waals surface area contributed by atoms with Crippen LogP contribution in [0.5, 0.6) is 5.75 Å². The van der Waals surface area contributed by atoms with Gasteiger partial charge in [0.2, 0.25) is 0 Å². The molecule has 1 aliphatic rings. The molecule has 0 amide bonds. The van der Waals surface area contributed by atoms with Crippen LogP contribution in [0.25, 0.3) is 0 Å². The first-order valence-corrected chi connectivity index (χ1v) is 7.13. The van der Waals surface area contributed by atoms with Crippen molar-refractivity contribution in [3.8, 4) is 5.75 Å². The monoisotopic (exact) mass is 247 g/mol. The number of rotatable bonds is 4. The van der Waals surface area contributed by atoms with Gasteiger partial charge < -0.3 is 10.1 Å².